The molecule has 0 unspecified atom stereocenters. The van der Waals surface area contributed by atoms with E-state index in [1.165, 1.54) is 12.8 Å². The van der Waals surface area contributed by atoms with Gasteiger partial charge in [-0.25, -0.2) is 0 Å². The molecule has 0 aliphatic heterocycles. The van der Waals surface area contributed by atoms with Crippen LogP contribution in [0.25, 0.3) is 5.82 Å². The summed E-state index contributed by atoms with van der Waals surface area (Å²) in [6.07, 6.45) is 6.05. The first kappa shape index (κ1) is 10.1. The standard InChI is InChI=1S/C12H14N4O/c1-13-10-3-2-7-15(12(10)17)11-6-8-16(14-11)9-4-5-9/h2-3,6-9,13H,4-5H2,1H3. The molecule has 2 heterocycles. The summed E-state index contributed by atoms with van der Waals surface area (Å²) in [6.45, 7) is 0. The Balaban J connectivity index is 2.04. The van der Waals surface area contributed by atoms with Gasteiger partial charge in [-0.05, 0) is 25.0 Å². The monoisotopic (exact) mass is 230 g/mol. The van der Waals surface area contributed by atoms with E-state index in [0.717, 1.165) is 0 Å². The molecule has 1 saturated carbocycles. The van der Waals surface area contributed by atoms with E-state index in [0.29, 0.717) is 17.5 Å². The van der Waals surface area contributed by atoms with Gasteiger partial charge in [0.15, 0.2) is 5.82 Å². The van der Waals surface area contributed by atoms with Crippen molar-refractivity contribution in [2.75, 3.05) is 12.4 Å². The van der Waals surface area contributed by atoms with Crippen LogP contribution >= 0.6 is 0 Å². The molecule has 1 aliphatic rings. The Hall–Kier alpha value is -2.04. The van der Waals surface area contributed by atoms with Crippen LogP contribution in [0.2, 0.25) is 0 Å². The minimum atomic E-state index is -0.0731. The maximum atomic E-state index is 12.0. The van der Waals surface area contributed by atoms with Crippen LogP contribution < -0.4 is 10.9 Å². The van der Waals surface area contributed by atoms with E-state index in [-0.39, 0.29) is 5.56 Å². The van der Waals surface area contributed by atoms with Crippen LogP contribution in [0.5, 0.6) is 0 Å². The molecule has 17 heavy (non-hydrogen) atoms. The number of aromatic nitrogens is 3. The van der Waals surface area contributed by atoms with Crippen LogP contribution in [0.3, 0.4) is 0 Å². The summed E-state index contributed by atoms with van der Waals surface area (Å²) in [6, 6.07) is 6.01. The Bertz CT molecular complexity index is 595. The van der Waals surface area contributed by atoms with E-state index >= 15 is 0 Å². The third-order valence-electron chi connectivity index (χ3n) is 2.98. The van der Waals surface area contributed by atoms with E-state index in [1.807, 2.05) is 23.0 Å². The molecule has 0 aromatic carbocycles. The lowest BCUT2D eigenvalue weighted by Crippen LogP contribution is -2.20. The lowest BCUT2D eigenvalue weighted by Gasteiger charge is -2.04. The molecule has 0 radical (unpaired) electrons. The second-order valence-electron chi connectivity index (χ2n) is 4.23. The SMILES string of the molecule is CNc1cccn(-c2ccn(C3CC3)n2)c1=O. The minimum absolute atomic E-state index is 0.0731. The van der Waals surface area contributed by atoms with Gasteiger partial charge >= 0.3 is 0 Å². The van der Waals surface area contributed by atoms with Gasteiger partial charge in [0.05, 0.1) is 6.04 Å². The Morgan fingerprint density at radius 2 is 2.18 bits per heavy atom. The molecule has 2 aromatic rings. The lowest BCUT2D eigenvalue weighted by molar-refractivity contribution is 0.634. The molecule has 1 fully saturated rings. The average Bonchev–Trinajstić information content (AvgIpc) is 3.08. The number of rotatable bonds is 3. The van der Waals surface area contributed by atoms with Crippen molar-refractivity contribution in [3.05, 3.63) is 40.9 Å². The lowest BCUT2D eigenvalue weighted by atomic mass is 10.4. The van der Waals surface area contributed by atoms with E-state index in [4.69, 9.17) is 0 Å². The normalized spacial score (nSPS) is 14.9. The second-order valence-corrected chi connectivity index (χ2v) is 4.23. The maximum Gasteiger partial charge on any atom is 0.279 e. The van der Waals surface area contributed by atoms with Crippen LogP contribution in [0.4, 0.5) is 5.69 Å². The molecule has 5 nitrogen and oxygen atoms in total. The largest absolute Gasteiger partial charge is 0.384 e. The van der Waals surface area contributed by atoms with Gasteiger partial charge < -0.3 is 5.32 Å². The van der Waals surface area contributed by atoms with Gasteiger partial charge in [0.2, 0.25) is 0 Å². The average molecular weight is 230 g/mol. The fraction of sp³-hybridized carbons (Fsp3) is 0.333. The number of hydrogen-bond donors (Lipinski definition) is 1. The van der Waals surface area contributed by atoms with Crippen molar-refractivity contribution in [3.8, 4) is 5.82 Å². The highest BCUT2D eigenvalue weighted by molar-refractivity contribution is 5.41. The van der Waals surface area contributed by atoms with Crippen LogP contribution in [0, 0.1) is 0 Å². The number of pyridine rings is 1. The molecule has 3 rings (SSSR count). The zero-order chi connectivity index (χ0) is 11.8. The van der Waals surface area contributed by atoms with E-state index in [9.17, 15) is 4.79 Å². The van der Waals surface area contributed by atoms with Crippen molar-refractivity contribution in [2.24, 2.45) is 0 Å². The molecular weight excluding hydrogens is 216 g/mol. The number of hydrogen-bond acceptors (Lipinski definition) is 3. The minimum Gasteiger partial charge on any atom is -0.384 e. The smallest absolute Gasteiger partial charge is 0.279 e. The summed E-state index contributed by atoms with van der Waals surface area (Å²) in [4.78, 5) is 12.0. The van der Waals surface area contributed by atoms with Crippen molar-refractivity contribution in [3.63, 3.8) is 0 Å². The summed E-state index contributed by atoms with van der Waals surface area (Å²) in [7, 11) is 1.74. The molecule has 0 bridgehead atoms. The summed E-state index contributed by atoms with van der Waals surface area (Å²) >= 11 is 0. The van der Waals surface area contributed by atoms with Gasteiger partial charge in [-0.3, -0.25) is 14.0 Å². The Kier molecular flexibility index (Phi) is 2.24. The van der Waals surface area contributed by atoms with E-state index < -0.39 is 0 Å². The molecule has 0 spiro atoms. The first-order valence-electron chi connectivity index (χ1n) is 5.74. The Labute approximate surface area is 98.7 Å². The predicted molar refractivity (Wildman–Crippen MR) is 65.6 cm³/mol. The highest BCUT2D eigenvalue weighted by Gasteiger charge is 2.24. The van der Waals surface area contributed by atoms with Crippen molar-refractivity contribution >= 4 is 5.69 Å². The maximum absolute atomic E-state index is 12.0. The molecule has 1 N–H and O–H groups in total. The van der Waals surface area contributed by atoms with Gasteiger partial charge in [0.25, 0.3) is 5.56 Å². The van der Waals surface area contributed by atoms with Crippen LogP contribution in [0.15, 0.2) is 35.4 Å². The molecular formula is C12H14N4O. The summed E-state index contributed by atoms with van der Waals surface area (Å²) < 4.78 is 3.50. The zero-order valence-corrected chi connectivity index (χ0v) is 9.63. The Morgan fingerprint density at radius 1 is 1.35 bits per heavy atom. The molecule has 2 aromatic heterocycles. The highest BCUT2D eigenvalue weighted by Crippen LogP contribution is 2.34. The van der Waals surface area contributed by atoms with Gasteiger partial charge in [0.1, 0.15) is 5.69 Å². The fourth-order valence-corrected chi connectivity index (χ4v) is 1.86. The van der Waals surface area contributed by atoms with Crippen molar-refractivity contribution < 1.29 is 0 Å². The third-order valence-corrected chi connectivity index (χ3v) is 2.98. The summed E-state index contributed by atoms with van der Waals surface area (Å²) in [5.41, 5.74) is 0.504. The van der Waals surface area contributed by atoms with Crippen molar-refractivity contribution in [1.29, 1.82) is 0 Å². The topological polar surface area (TPSA) is 51.9 Å². The van der Waals surface area contributed by atoms with Gasteiger partial charge in [-0.15, -0.1) is 0 Å². The van der Waals surface area contributed by atoms with Gasteiger partial charge in [-0.1, -0.05) is 0 Å². The first-order chi connectivity index (χ1) is 8.29. The number of nitrogens with zero attached hydrogens (tertiary/aromatic N) is 3. The summed E-state index contributed by atoms with van der Waals surface area (Å²) in [5, 5.41) is 7.31. The van der Waals surface area contributed by atoms with Crippen LogP contribution in [-0.2, 0) is 0 Å². The van der Waals surface area contributed by atoms with Crippen LogP contribution in [-0.4, -0.2) is 21.4 Å². The molecule has 0 saturated heterocycles. The van der Waals surface area contributed by atoms with Gasteiger partial charge in [0, 0.05) is 25.5 Å². The molecule has 5 heteroatoms. The van der Waals surface area contributed by atoms with Crippen molar-refractivity contribution in [2.45, 2.75) is 18.9 Å². The quantitative estimate of drug-likeness (QED) is 0.867. The second kappa shape index (κ2) is 3.76. The molecule has 0 amide bonds. The zero-order valence-electron chi connectivity index (χ0n) is 9.63. The summed E-state index contributed by atoms with van der Waals surface area (Å²) in [5.74, 6) is 0.680. The van der Waals surface area contributed by atoms with Gasteiger partial charge in [-0.2, -0.15) is 5.10 Å². The van der Waals surface area contributed by atoms with Crippen molar-refractivity contribution in [1.82, 2.24) is 14.3 Å². The third kappa shape index (κ3) is 1.73. The van der Waals surface area contributed by atoms with E-state index in [1.54, 1.807) is 23.9 Å². The predicted octanol–water partition coefficient (Wildman–Crippen LogP) is 1.41. The first-order valence-corrected chi connectivity index (χ1v) is 5.74. The number of nitrogens with one attached hydrogen (secondary N) is 1. The Morgan fingerprint density at radius 3 is 2.88 bits per heavy atom. The highest BCUT2D eigenvalue weighted by atomic mass is 16.1. The fourth-order valence-electron chi connectivity index (χ4n) is 1.86. The molecule has 0 atom stereocenters. The van der Waals surface area contributed by atoms with E-state index in [2.05, 4.69) is 10.4 Å². The molecule has 1 aliphatic carbocycles. The molecule has 88 valence electrons. The number of anilines is 1. The van der Waals surface area contributed by atoms with Crippen LogP contribution in [0.1, 0.15) is 18.9 Å².